The summed E-state index contributed by atoms with van der Waals surface area (Å²) in [7, 11) is 1.99. The Morgan fingerprint density at radius 1 is 1.03 bits per heavy atom. The minimum Gasteiger partial charge on any atom is -0.494 e. The number of fused-ring (bicyclic) bond motifs is 1. The SMILES string of the molecule is CCOc1ccc(/C(S/C(NC(=O)Cc2ccc3c(c2)SC(N)N3C)=C(\C)CC)=C(\C)CC)c(OCC)c1. The van der Waals surface area contributed by atoms with E-state index in [1.54, 1.807) is 23.5 Å². The van der Waals surface area contributed by atoms with Crippen LogP contribution in [0.3, 0.4) is 0 Å². The molecule has 0 radical (unpaired) electrons. The molecule has 1 atom stereocenters. The lowest BCUT2D eigenvalue weighted by atomic mass is 10.1. The van der Waals surface area contributed by atoms with Crippen molar-refractivity contribution in [2.45, 2.75) is 71.2 Å². The van der Waals surface area contributed by atoms with E-state index in [-0.39, 0.29) is 11.4 Å². The molecule has 1 unspecified atom stereocenters. The largest absolute Gasteiger partial charge is 0.494 e. The highest BCUT2D eigenvalue weighted by atomic mass is 32.2. The molecule has 0 saturated heterocycles. The highest BCUT2D eigenvalue weighted by Crippen LogP contribution is 2.43. The number of thioether (sulfide) groups is 2. The van der Waals surface area contributed by atoms with E-state index in [0.717, 1.165) is 61.6 Å². The Kier molecular flexibility index (Phi) is 11.1. The van der Waals surface area contributed by atoms with Gasteiger partial charge in [-0.3, -0.25) is 4.79 Å². The average Bonchev–Trinajstić information content (AvgIpc) is 3.18. The molecule has 0 saturated carbocycles. The fourth-order valence-electron chi connectivity index (χ4n) is 3.99. The van der Waals surface area contributed by atoms with Crippen LogP contribution in [0.5, 0.6) is 11.5 Å². The quantitative estimate of drug-likeness (QED) is 0.288. The second kappa shape index (κ2) is 14.0. The van der Waals surface area contributed by atoms with Gasteiger partial charge in [-0.2, -0.15) is 0 Å². The van der Waals surface area contributed by atoms with Gasteiger partial charge in [0.25, 0.3) is 0 Å². The van der Waals surface area contributed by atoms with Crippen LogP contribution in [0, 0.1) is 0 Å². The maximum atomic E-state index is 13.3. The van der Waals surface area contributed by atoms with E-state index < -0.39 is 0 Å². The summed E-state index contributed by atoms with van der Waals surface area (Å²) >= 11 is 3.22. The van der Waals surface area contributed by atoms with Crippen molar-refractivity contribution in [2.75, 3.05) is 25.2 Å². The molecule has 38 heavy (non-hydrogen) atoms. The van der Waals surface area contributed by atoms with Crippen molar-refractivity contribution in [1.29, 1.82) is 0 Å². The van der Waals surface area contributed by atoms with Gasteiger partial charge >= 0.3 is 0 Å². The Hall–Kier alpha value is -2.55. The van der Waals surface area contributed by atoms with Crippen LogP contribution < -0.4 is 25.4 Å². The van der Waals surface area contributed by atoms with E-state index in [9.17, 15) is 4.79 Å². The number of nitrogens with one attached hydrogen (secondary N) is 1. The highest BCUT2D eigenvalue weighted by Gasteiger charge is 2.24. The molecule has 3 N–H and O–H groups in total. The lowest BCUT2D eigenvalue weighted by molar-refractivity contribution is -0.119. The molecule has 0 aromatic heterocycles. The summed E-state index contributed by atoms with van der Waals surface area (Å²) in [5.41, 5.74) is 11.5. The average molecular weight is 556 g/mol. The maximum Gasteiger partial charge on any atom is 0.229 e. The lowest BCUT2D eigenvalue weighted by Gasteiger charge is -2.20. The van der Waals surface area contributed by atoms with E-state index >= 15 is 0 Å². The second-order valence-electron chi connectivity index (χ2n) is 9.20. The number of allylic oxidation sites excluding steroid dienone is 2. The van der Waals surface area contributed by atoms with Crippen molar-refractivity contribution < 1.29 is 14.3 Å². The van der Waals surface area contributed by atoms with E-state index in [0.29, 0.717) is 19.6 Å². The molecular formula is C30H41N3O3S2. The topological polar surface area (TPSA) is 76.8 Å². The van der Waals surface area contributed by atoms with Gasteiger partial charge in [0, 0.05) is 28.5 Å². The molecule has 1 heterocycles. The summed E-state index contributed by atoms with van der Waals surface area (Å²) in [6, 6.07) is 12.1. The fraction of sp³-hybridized carbons (Fsp3) is 0.433. The molecule has 1 amide bonds. The number of nitrogens with zero attached hydrogens (tertiary/aromatic N) is 1. The second-order valence-corrected chi connectivity index (χ2v) is 11.4. The summed E-state index contributed by atoms with van der Waals surface area (Å²) in [4.78, 5) is 17.5. The van der Waals surface area contributed by atoms with Gasteiger partial charge in [-0.15, -0.1) is 0 Å². The minimum absolute atomic E-state index is 0.0360. The van der Waals surface area contributed by atoms with Crippen LogP contribution in [-0.2, 0) is 11.2 Å². The number of ether oxygens (including phenoxy) is 2. The van der Waals surface area contributed by atoms with Gasteiger partial charge in [0.2, 0.25) is 5.91 Å². The predicted octanol–water partition coefficient (Wildman–Crippen LogP) is 7.14. The number of carbonyl (C=O) groups excluding carboxylic acids is 1. The zero-order valence-electron chi connectivity index (χ0n) is 23.6. The first-order chi connectivity index (χ1) is 18.2. The molecule has 0 bridgehead atoms. The van der Waals surface area contributed by atoms with E-state index in [2.05, 4.69) is 45.1 Å². The van der Waals surface area contributed by atoms with Crippen LogP contribution in [0.15, 0.2) is 57.5 Å². The van der Waals surface area contributed by atoms with E-state index in [4.69, 9.17) is 15.2 Å². The zero-order chi connectivity index (χ0) is 27.8. The van der Waals surface area contributed by atoms with Crippen molar-refractivity contribution >= 4 is 40.0 Å². The molecule has 0 aliphatic carbocycles. The normalized spacial score (nSPS) is 16.0. The Bertz CT molecular complexity index is 1210. The third-order valence-corrected chi connectivity index (χ3v) is 9.07. The van der Waals surface area contributed by atoms with Crippen LogP contribution in [0.2, 0.25) is 0 Å². The molecule has 0 spiro atoms. The summed E-state index contributed by atoms with van der Waals surface area (Å²) in [6.45, 7) is 13.6. The number of rotatable bonds is 12. The third kappa shape index (κ3) is 7.30. The van der Waals surface area contributed by atoms with Crippen LogP contribution in [0.1, 0.15) is 65.5 Å². The Labute approximate surface area is 236 Å². The summed E-state index contributed by atoms with van der Waals surface area (Å²) in [5.74, 6) is 1.53. The standard InChI is InChI=1S/C30H41N3O3S2/c1-8-19(5)28(23-14-13-22(35-10-3)18-25(23)36-11-4)38-29(20(6)9-2)32-27(34)17-21-12-15-24-26(16-21)37-30(31)33(24)7/h12-16,18,30H,8-11,17,31H2,1-7H3,(H,32,34)/b28-19-,29-20+. The molecule has 3 rings (SSSR count). The predicted molar refractivity (Wildman–Crippen MR) is 163 cm³/mol. The molecule has 2 aromatic rings. The van der Waals surface area contributed by atoms with Crippen LogP contribution in [0.4, 0.5) is 5.69 Å². The first kappa shape index (κ1) is 30.0. The first-order valence-corrected chi connectivity index (χ1v) is 15.0. The van der Waals surface area contributed by atoms with Gasteiger partial charge in [-0.25, -0.2) is 0 Å². The molecule has 0 fully saturated rings. The van der Waals surface area contributed by atoms with Crippen molar-refractivity contribution in [3.8, 4) is 11.5 Å². The summed E-state index contributed by atoms with van der Waals surface area (Å²) in [6.07, 6.45) is 2.02. The molecule has 1 aliphatic rings. The number of hydrogen-bond acceptors (Lipinski definition) is 7. The van der Waals surface area contributed by atoms with E-state index in [1.165, 1.54) is 5.57 Å². The Balaban J connectivity index is 1.87. The number of benzene rings is 2. The zero-order valence-corrected chi connectivity index (χ0v) is 25.3. The monoisotopic (exact) mass is 555 g/mol. The van der Waals surface area contributed by atoms with Crippen molar-refractivity contribution in [1.82, 2.24) is 5.32 Å². The summed E-state index contributed by atoms with van der Waals surface area (Å²) < 4.78 is 11.8. The van der Waals surface area contributed by atoms with Gasteiger partial charge in [0.05, 0.1) is 30.4 Å². The van der Waals surface area contributed by atoms with Gasteiger partial charge in [0.15, 0.2) is 0 Å². The Morgan fingerprint density at radius 2 is 1.74 bits per heavy atom. The van der Waals surface area contributed by atoms with Crippen LogP contribution in [-0.4, -0.2) is 31.7 Å². The number of hydrogen-bond donors (Lipinski definition) is 2. The van der Waals surface area contributed by atoms with E-state index in [1.807, 2.05) is 50.1 Å². The molecule has 206 valence electrons. The molecular weight excluding hydrogens is 514 g/mol. The lowest BCUT2D eigenvalue weighted by Crippen LogP contribution is -2.32. The number of nitrogens with two attached hydrogens (primary N) is 1. The maximum absolute atomic E-state index is 13.3. The smallest absolute Gasteiger partial charge is 0.229 e. The summed E-state index contributed by atoms with van der Waals surface area (Å²) in [5, 5.41) is 4.10. The molecule has 8 heteroatoms. The van der Waals surface area contributed by atoms with Crippen LogP contribution >= 0.6 is 23.5 Å². The van der Waals surface area contributed by atoms with Gasteiger partial charge in [-0.05, 0) is 75.9 Å². The van der Waals surface area contributed by atoms with Crippen molar-refractivity contribution in [2.24, 2.45) is 5.73 Å². The molecule has 2 aromatic carbocycles. The number of amides is 1. The van der Waals surface area contributed by atoms with Crippen molar-refractivity contribution in [3.63, 3.8) is 0 Å². The van der Waals surface area contributed by atoms with Crippen LogP contribution in [0.25, 0.3) is 4.91 Å². The molecule has 6 nitrogen and oxygen atoms in total. The Morgan fingerprint density at radius 3 is 2.39 bits per heavy atom. The third-order valence-electron chi connectivity index (χ3n) is 6.50. The minimum atomic E-state index is -0.0941. The molecule has 1 aliphatic heterocycles. The van der Waals surface area contributed by atoms with Gasteiger partial charge < -0.3 is 25.4 Å². The van der Waals surface area contributed by atoms with Crippen molar-refractivity contribution in [3.05, 3.63) is 63.7 Å². The van der Waals surface area contributed by atoms with Gasteiger partial charge in [-0.1, -0.05) is 49.0 Å². The highest BCUT2D eigenvalue weighted by molar-refractivity contribution is 8.11. The fourth-order valence-corrected chi connectivity index (χ4v) is 6.36. The van der Waals surface area contributed by atoms with Gasteiger partial charge in [0.1, 0.15) is 17.0 Å². The first-order valence-electron chi connectivity index (χ1n) is 13.3. The number of anilines is 1. The number of carbonyl (C=O) groups is 1.